The molecule has 1 aromatic carbocycles. The van der Waals surface area contributed by atoms with E-state index >= 15 is 0 Å². The maximum absolute atomic E-state index is 12.8. The molecule has 0 fully saturated rings. The van der Waals surface area contributed by atoms with Crippen LogP contribution in [0.2, 0.25) is 0 Å². The monoisotopic (exact) mass is 332 g/mol. The number of thioether (sulfide) groups is 1. The summed E-state index contributed by atoms with van der Waals surface area (Å²) in [5, 5.41) is 2.56. The van der Waals surface area contributed by atoms with Crippen LogP contribution in [0, 0.1) is 0 Å². The van der Waals surface area contributed by atoms with E-state index in [0.717, 1.165) is 11.0 Å². The summed E-state index contributed by atoms with van der Waals surface area (Å²) in [5.41, 5.74) is 1.48. The van der Waals surface area contributed by atoms with E-state index in [1.807, 2.05) is 35.9 Å². The van der Waals surface area contributed by atoms with Crippen LogP contribution in [0.1, 0.15) is 9.67 Å². The highest BCUT2D eigenvalue weighted by Gasteiger charge is 2.22. The molecule has 2 aromatic heterocycles. The highest BCUT2D eigenvalue weighted by atomic mass is 32.2. The lowest BCUT2D eigenvalue weighted by molar-refractivity contribution is 0.0959. The largest absolute Gasteiger partial charge is 0.486 e. The standard InChI is InChI=1S/C15H12N2O3S2/c1-21-15-16-9-7-11-12(20-5-4-19-11)8-10(9)17(15)14(18)13-3-2-6-22-13/h2-3,6-8H,4-5H2,1H3. The molecule has 5 nitrogen and oxygen atoms in total. The summed E-state index contributed by atoms with van der Waals surface area (Å²) in [6.45, 7) is 1.05. The first-order chi connectivity index (χ1) is 10.8. The van der Waals surface area contributed by atoms with E-state index in [2.05, 4.69) is 4.98 Å². The summed E-state index contributed by atoms with van der Waals surface area (Å²) in [4.78, 5) is 18.0. The lowest BCUT2D eigenvalue weighted by Crippen LogP contribution is -2.16. The first-order valence-corrected chi connectivity index (χ1v) is 8.82. The minimum absolute atomic E-state index is 0.0708. The van der Waals surface area contributed by atoms with Crippen molar-refractivity contribution in [2.45, 2.75) is 5.16 Å². The number of hydrogen-bond donors (Lipinski definition) is 0. The third kappa shape index (κ3) is 2.08. The van der Waals surface area contributed by atoms with E-state index in [1.165, 1.54) is 23.1 Å². The van der Waals surface area contributed by atoms with Crippen LogP contribution < -0.4 is 9.47 Å². The molecule has 7 heteroatoms. The number of carbonyl (C=O) groups is 1. The summed E-state index contributed by atoms with van der Waals surface area (Å²) in [5.74, 6) is 1.27. The van der Waals surface area contributed by atoms with Gasteiger partial charge in [-0.05, 0) is 17.7 Å². The fraction of sp³-hybridized carbons (Fsp3) is 0.200. The van der Waals surface area contributed by atoms with E-state index in [1.54, 1.807) is 4.57 Å². The van der Waals surface area contributed by atoms with Gasteiger partial charge in [-0.3, -0.25) is 9.36 Å². The van der Waals surface area contributed by atoms with Crippen LogP contribution in [0.3, 0.4) is 0 Å². The highest BCUT2D eigenvalue weighted by Crippen LogP contribution is 2.36. The van der Waals surface area contributed by atoms with Crippen molar-refractivity contribution in [1.82, 2.24) is 9.55 Å². The summed E-state index contributed by atoms with van der Waals surface area (Å²) in [7, 11) is 0. The molecule has 0 saturated carbocycles. The fourth-order valence-corrected chi connectivity index (χ4v) is 3.64. The van der Waals surface area contributed by atoms with Crippen molar-refractivity contribution in [3.8, 4) is 11.5 Å². The van der Waals surface area contributed by atoms with Crippen LogP contribution in [0.4, 0.5) is 0 Å². The number of nitrogens with zero attached hydrogens (tertiary/aromatic N) is 2. The topological polar surface area (TPSA) is 53.4 Å². The number of fused-ring (bicyclic) bond motifs is 2. The van der Waals surface area contributed by atoms with E-state index in [4.69, 9.17) is 9.47 Å². The molecule has 22 heavy (non-hydrogen) atoms. The van der Waals surface area contributed by atoms with Crippen LogP contribution in [-0.4, -0.2) is 34.9 Å². The molecule has 0 amide bonds. The Balaban J connectivity index is 1.94. The average Bonchev–Trinajstić information content (AvgIpc) is 3.19. The molecule has 0 N–H and O–H groups in total. The zero-order chi connectivity index (χ0) is 15.1. The van der Waals surface area contributed by atoms with Crippen LogP contribution in [-0.2, 0) is 0 Å². The van der Waals surface area contributed by atoms with E-state index in [-0.39, 0.29) is 5.91 Å². The molecule has 0 spiro atoms. The summed E-state index contributed by atoms with van der Waals surface area (Å²) < 4.78 is 12.8. The molecule has 0 aliphatic carbocycles. The second-order valence-electron chi connectivity index (χ2n) is 4.70. The minimum Gasteiger partial charge on any atom is -0.486 e. The number of carbonyl (C=O) groups excluding carboxylic acids is 1. The third-order valence-electron chi connectivity index (χ3n) is 3.41. The molecular formula is C15H12N2O3S2. The van der Waals surface area contributed by atoms with Gasteiger partial charge in [0.15, 0.2) is 16.7 Å². The lowest BCUT2D eigenvalue weighted by Gasteiger charge is -2.18. The van der Waals surface area contributed by atoms with Crippen LogP contribution in [0.25, 0.3) is 11.0 Å². The zero-order valence-corrected chi connectivity index (χ0v) is 13.4. The van der Waals surface area contributed by atoms with E-state index in [0.29, 0.717) is 34.7 Å². The lowest BCUT2D eigenvalue weighted by atomic mass is 10.2. The molecule has 0 unspecified atom stereocenters. The molecule has 0 atom stereocenters. The molecule has 4 rings (SSSR count). The summed E-state index contributed by atoms with van der Waals surface area (Å²) in [6, 6.07) is 7.36. The van der Waals surface area contributed by atoms with Crippen LogP contribution in [0.15, 0.2) is 34.8 Å². The van der Waals surface area contributed by atoms with Gasteiger partial charge >= 0.3 is 0 Å². The number of rotatable bonds is 2. The molecule has 1 aliphatic rings. The Kier molecular flexibility index (Phi) is 3.31. The predicted molar refractivity (Wildman–Crippen MR) is 86.6 cm³/mol. The van der Waals surface area contributed by atoms with Crippen molar-refractivity contribution in [3.63, 3.8) is 0 Å². The second-order valence-corrected chi connectivity index (χ2v) is 6.42. The molecule has 3 heterocycles. The maximum atomic E-state index is 12.8. The first kappa shape index (κ1) is 13.7. The van der Waals surface area contributed by atoms with Gasteiger partial charge in [-0.1, -0.05) is 17.8 Å². The normalized spacial score (nSPS) is 13.5. The molecule has 0 saturated heterocycles. The zero-order valence-electron chi connectivity index (χ0n) is 11.7. The van der Waals surface area contributed by atoms with E-state index in [9.17, 15) is 4.79 Å². The predicted octanol–water partition coefficient (Wildman–Crippen LogP) is 3.28. The highest BCUT2D eigenvalue weighted by molar-refractivity contribution is 7.98. The Hall–Kier alpha value is -1.99. The average molecular weight is 332 g/mol. The van der Waals surface area contributed by atoms with Gasteiger partial charge in [0.05, 0.1) is 15.9 Å². The van der Waals surface area contributed by atoms with Crippen LogP contribution >= 0.6 is 23.1 Å². The van der Waals surface area contributed by atoms with Gasteiger partial charge in [-0.25, -0.2) is 4.98 Å². The third-order valence-corrected chi connectivity index (χ3v) is 4.90. The molecule has 112 valence electrons. The van der Waals surface area contributed by atoms with Crippen molar-refractivity contribution < 1.29 is 14.3 Å². The summed E-state index contributed by atoms with van der Waals surface area (Å²) >= 11 is 2.87. The minimum atomic E-state index is -0.0708. The Labute approximate surface area is 134 Å². The van der Waals surface area contributed by atoms with Gasteiger partial charge in [-0.15, -0.1) is 11.3 Å². The summed E-state index contributed by atoms with van der Waals surface area (Å²) in [6.07, 6.45) is 1.91. The van der Waals surface area contributed by atoms with Gasteiger partial charge in [0.1, 0.15) is 13.2 Å². The van der Waals surface area contributed by atoms with Crippen molar-refractivity contribution in [3.05, 3.63) is 34.5 Å². The Morgan fingerprint density at radius 2 is 2.09 bits per heavy atom. The van der Waals surface area contributed by atoms with Crippen molar-refractivity contribution >= 4 is 40.0 Å². The molecule has 3 aromatic rings. The number of hydrogen-bond acceptors (Lipinski definition) is 6. The van der Waals surface area contributed by atoms with Gasteiger partial charge < -0.3 is 9.47 Å². The fourth-order valence-electron chi connectivity index (χ4n) is 2.44. The first-order valence-electron chi connectivity index (χ1n) is 6.72. The molecule has 0 radical (unpaired) electrons. The molecule has 0 bridgehead atoms. The van der Waals surface area contributed by atoms with Gasteiger partial charge in [0.2, 0.25) is 0 Å². The Morgan fingerprint density at radius 1 is 1.32 bits per heavy atom. The number of benzene rings is 1. The van der Waals surface area contributed by atoms with Crippen molar-refractivity contribution in [2.75, 3.05) is 19.5 Å². The van der Waals surface area contributed by atoms with Gasteiger partial charge in [0, 0.05) is 12.1 Å². The number of aromatic nitrogens is 2. The Morgan fingerprint density at radius 3 is 2.77 bits per heavy atom. The van der Waals surface area contributed by atoms with E-state index < -0.39 is 0 Å². The second kappa shape index (κ2) is 5.33. The maximum Gasteiger partial charge on any atom is 0.274 e. The van der Waals surface area contributed by atoms with Crippen molar-refractivity contribution in [1.29, 1.82) is 0 Å². The number of imidazole rings is 1. The van der Waals surface area contributed by atoms with Gasteiger partial charge in [0.25, 0.3) is 5.91 Å². The number of ether oxygens (including phenoxy) is 2. The quantitative estimate of drug-likeness (QED) is 0.674. The molecular weight excluding hydrogens is 320 g/mol. The Bertz CT molecular complexity index is 855. The number of thiophene rings is 1. The smallest absolute Gasteiger partial charge is 0.274 e. The molecule has 1 aliphatic heterocycles. The van der Waals surface area contributed by atoms with Gasteiger partial charge in [-0.2, -0.15) is 0 Å². The van der Waals surface area contributed by atoms with Crippen LogP contribution in [0.5, 0.6) is 11.5 Å². The SMILES string of the molecule is CSc1nc2cc3c(cc2n1C(=O)c1cccs1)OCCO3. The van der Waals surface area contributed by atoms with Crippen molar-refractivity contribution in [2.24, 2.45) is 0 Å².